The van der Waals surface area contributed by atoms with Crippen LogP contribution in [0.4, 0.5) is 11.4 Å². The Kier molecular flexibility index (Phi) is 7.28. The van der Waals surface area contributed by atoms with Gasteiger partial charge >= 0.3 is 0 Å². The van der Waals surface area contributed by atoms with E-state index in [0.29, 0.717) is 35.9 Å². The summed E-state index contributed by atoms with van der Waals surface area (Å²) in [6.45, 7) is 3.91. The molecule has 3 heterocycles. The number of carbonyl (C=O) groups is 3. The van der Waals surface area contributed by atoms with Gasteiger partial charge < -0.3 is 30.1 Å². The van der Waals surface area contributed by atoms with Crippen LogP contribution in [0.15, 0.2) is 48.5 Å². The summed E-state index contributed by atoms with van der Waals surface area (Å²) in [4.78, 5) is 42.8. The highest BCUT2D eigenvalue weighted by molar-refractivity contribution is 8.02. The van der Waals surface area contributed by atoms with Gasteiger partial charge in [0.25, 0.3) is 0 Å². The Labute approximate surface area is 226 Å². The summed E-state index contributed by atoms with van der Waals surface area (Å²) in [7, 11) is 1.57. The van der Waals surface area contributed by atoms with E-state index < -0.39 is 28.7 Å². The van der Waals surface area contributed by atoms with Crippen molar-refractivity contribution in [2.45, 2.75) is 48.8 Å². The number of anilines is 2. The number of amides is 3. The number of ether oxygens (including phenoxy) is 2. The van der Waals surface area contributed by atoms with E-state index >= 15 is 0 Å². The van der Waals surface area contributed by atoms with Gasteiger partial charge in [-0.05, 0) is 75.2 Å². The van der Waals surface area contributed by atoms with E-state index in [9.17, 15) is 19.5 Å². The molecule has 0 saturated carbocycles. The number of fused-ring (bicyclic) bond motifs is 1. The van der Waals surface area contributed by atoms with Gasteiger partial charge in [-0.1, -0.05) is 0 Å². The van der Waals surface area contributed by atoms with Crippen LogP contribution in [0.1, 0.15) is 26.7 Å². The second-order valence-corrected chi connectivity index (χ2v) is 11.6. The maximum atomic E-state index is 13.9. The van der Waals surface area contributed by atoms with Crippen LogP contribution >= 0.6 is 11.8 Å². The quantitative estimate of drug-likeness (QED) is 0.448. The number of nitrogens with zero attached hydrogens (tertiary/aromatic N) is 1. The van der Waals surface area contributed by atoms with Gasteiger partial charge in [0.1, 0.15) is 17.5 Å². The Balaban J connectivity index is 1.42. The molecule has 38 heavy (non-hydrogen) atoms. The lowest BCUT2D eigenvalue weighted by atomic mass is 9.70. The lowest BCUT2D eigenvalue weighted by Crippen LogP contribution is -2.54. The molecule has 3 fully saturated rings. The molecule has 3 amide bonds. The predicted molar refractivity (Wildman–Crippen MR) is 145 cm³/mol. The van der Waals surface area contributed by atoms with E-state index in [2.05, 4.69) is 10.6 Å². The minimum Gasteiger partial charge on any atom is -0.497 e. The van der Waals surface area contributed by atoms with Crippen LogP contribution in [0, 0.1) is 11.8 Å². The number of rotatable bonds is 9. The zero-order chi connectivity index (χ0) is 27.0. The second-order valence-electron chi connectivity index (χ2n) is 10.00. The van der Waals surface area contributed by atoms with Crippen LogP contribution in [0.2, 0.25) is 0 Å². The van der Waals surface area contributed by atoms with Crippen molar-refractivity contribution >= 4 is 40.9 Å². The maximum absolute atomic E-state index is 13.9. The molecule has 2 aromatic rings. The molecule has 0 radical (unpaired) electrons. The van der Waals surface area contributed by atoms with Gasteiger partial charge in [0, 0.05) is 16.6 Å². The van der Waals surface area contributed by atoms with Crippen LogP contribution in [-0.2, 0) is 14.4 Å². The van der Waals surface area contributed by atoms with Crippen molar-refractivity contribution < 1.29 is 29.0 Å². The van der Waals surface area contributed by atoms with Crippen molar-refractivity contribution in [1.29, 1.82) is 0 Å². The van der Waals surface area contributed by atoms with Crippen LogP contribution in [0.25, 0.3) is 0 Å². The standard InChI is InChI=1S/C28H33N3O6S/c1-4-37-20-11-7-17(8-12-20)29-25(33)22-21-13-14-28(38-21)23(22)27(35)31(16(2)15-32)24(28)26(34)30-18-5-9-19(36-3)10-6-18/h5-12,16,21-24,32H,4,13-15H2,1-3H3,(H,29,33)(H,30,34)/t16-,21-,22+,23+,24?,28?/m1/s1. The molecule has 3 saturated heterocycles. The van der Waals surface area contributed by atoms with Gasteiger partial charge in [0.05, 0.1) is 42.9 Å². The first kappa shape index (κ1) is 26.4. The first-order valence-corrected chi connectivity index (χ1v) is 13.8. The summed E-state index contributed by atoms with van der Waals surface area (Å²) in [6, 6.07) is 12.8. The van der Waals surface area contributed by atoms with Gasteiger partial charge in [0.2, 0.25) is 17.7 Å². The highest BCUT2D eigenvalue weighted by atomic mass is 32.2. The largest absolute Gasteiger partial charge is 0.497 e. The average Bonchev–Trinajstić information content (AvgIpc) is 3.57. The third kappa shape index (κ3) is 4.39. The minimum atomic E-state index is -0.803. The van der Waals surface area contributed by atoms with E-state index in [1.54, 1.807) is 74.3 Å². The number of hydrogen-bond donors (Lipinski definition) is 3. The fourth-order valence-electron chi connectivity index (χ4n) is 6.16. The van der Waals surface area contributed by atoms with Crippen molar-refractivity contribution in [2.75, 3.05) is 31.0 Å². The highest BCUT2D eigenvalue weighted by Gasteiger charge is 2.74. The van der Waals surface area contributed by atoms with E-state index in [1.165, 1.54) is 4.90 Å². The number of thioether (sulfide) groups is 1. The van der Waals surface area contributed by atoms with Crippen molar-refractivity contribution in [2.24, 2.45) is 11.8 Å². The molecule has 0 aromatic heterocycles. The topological polar surface area (TPSA) is 117 Å². The Morgan fingerprint density at radius 1 is 1.08 bits per heavy atom. The van der Waals surface area contributed by atoms with Crippen LogP contribution in [-0.4, -0.2) is 70.1 Å². The van der Waals surface area contributed by atoms with Crippen LogP contribution in [0.5, 0.6) is 11.5 Å². The average molecular weight is 540 g/mol. The minimum absolute atomic E-state index is 0.0606. The summed E-state index contributed by atoms with van der Waals surface area (Å²) in [6.07, 6.45) is 1.39. The van der Waals surface area contributed by atoms with E-state index in [0.717, 1.165) is 6.42 Å². The third-order valence-electron chi connectivity index (χ3n) is 7.82. The zero-order valence-electron chi connectivity index (χ0n) is 21.7. The third-order valence-corrected chi connectivity index (χ3v) is 9.77. The first-order chi connectivity index (χ1) is 18.3. The molecule has 3 aliphatic heterocycles. The number of nitrogens with one attached hydrogen (secondary N) is 2. The first-order valence-electron chi connectivity index (χ1n) is 12.9. The fraction of sp³-hybridized carbons (Fsp3) is 0.464. The molecule has 2 aromatic carbocycles. The molecule has 9 nitrogen and oxygen atoms in total. The van der Waals surface area contributed by atoms with Gasteiger partial charge in [-0.25, -0.2) is 0 Å². The van der Waals surface area contributed by atoms with Gasteiger partial charge in [0.15, 0.2) is 0 Å². The molecule has 202 valence electrons. The predicted octanol–water partition coefficient (Wildman–Crippen LogP) is 3.14. The molecule has 5 rings (SSSR count). The molecule has 2 bridgehead atoms. The molecule has 1 spiro atoms. The molecule has 0 aliphatic carbocycles. The molecule has 10 heteroatoms. The van der Waals surface area contributed by atoms with Gasteiger partial charge in [-0.2, -0.15) is 0 Å². The zero-order valence-corrected chi connectivity index (χ0v) is 22.5. The Morgan fingerprint density at radius 3 is 2.26 bits per heavy atom. The number of likely N-dealkylation sites (tertiary alicyclic amines) is 1. The fourth-order valence-corrected chi connectivity index (χ4v) is 8.37. The number of aliphatic hydroxyl groups is 1. The Hall–Kier alpha value is -3.24. The smallest absolute Gasteiger partial charge is 0.248 e. The van der Waals surface area contributed by atoms with Crippen LogP contribution < -0.4 is 20.1 Å². The highest BCUT2D eigenvalue weighted by Crippen LogP contribution is 2.66. The van der Waals surface area contributed by atoms with Crippen molar-refractivity contribution in [3.63, 3.8) is 0 Å². The maximum Gasteiger partial charge on any atom is 0.248 e. The van der Waals surface area contributed by atoms with E-state index in [-0.39, 0.29) is 29.6 Å². The van der Waals surface area contributed by atoms with Crippen molar-refractivity contribution in [1.82, 2.24) is 4.90 Å². The summed E-state index contributed by atoms with van der Waals surface area (Å²) in [5, 5.41) is 15.9. The van der Waals surface area contributed by atoms with Crippen molar-refractivity contribution in [3.8, 4) is 11.5 Å². The molecule has 6 atom stereocenters. The SMILES string of the molecule is CCOc1ccc(NC(=O)[C@@H]2[C@H]3C(=O)N([C@H](C)CO)C(C(=O)Nc4ccc(OC)cc4)C34CC[C@H]2S4)cc1. The number of methoxy groups -OCH3 is 1. The van der Waals surface area contributed by atoms with Crippen LogP contribution in [0.3, 0.4) is 0 Å². The molecular weight excluding hydrogens is 506 g/mol. The number of hydrogen-bond acceptors (Lipinski definition) is 7. The lowest BCUT2D eigenvalue weighted by Gasteiger charge is -2.36. The lowest BCUT2D eigenvalue weighted by molar-refractivity contribution is -0.140. The number of carbonyl (C=O) groups excluding carboxylic acids is 3. The normalized spacial score (nSPS) is 28.1. The summed E-state index contributed by atoms with van der Waals surface area (Å²) >= 11 is 1.59. The second kappa shape index (κ2) is 10.5. The van der Waals surface area contributed by atoms with E-state index in [4.69, 9.17) is 9.47 Å². The van der Waals surface area contributed by atoms with Gasteiger partial charge in [-0.3, -0.25) is 14.4 Å². The number of aliphatic hydroxyl groups excluding tert-OH is 1. The number of benzene rings is 2. The summed E-state index contributed by atoms with van der Waals surface area (Å²) < 4.78 is 9.94. The Bertz CT molecular complexity index is 1210. The van der Waals surface area contributed by atoms with Crippen molar-refractivity contribution in [3.05, 3.63) is 48.5 Å². The molecule has 2 unspecified atom stereocenters. The van der Waals surface area contributed by atoms with Gasteiger partial charge in [-0.15, -0.1) is 11.8 Å². The monoisotopic (exact) mass is 539 g/mol. The summed E-state index contributed by atoms with van der Waals surface area (Å²) in [5.74, 6) is -0.617. The summed E-state index contributed by atoms with van der Waals surface area (Å²) in [5.41, 5.74) is 1.21. The van der Waals surface area contributed by atoms with E-state index in [1.807, 2.05) is 6.92 Å². The molecule has 3 aliphatic rings. The molecular formula is C28H33N3O6S. The Morgan fingerprint density at radius 2 is 1.68 bits per heavy atom. The molecule has 3 N–H and O–H groups in total.